The highest BCUT2D eigenvalue weighted by Crippen LogP contribution is 2.49. The highest BCUT2D eigenvalue weighted by molar-refractivity contribution is 6.75. The Morgan fingerprint density at radius 2 is 0.763 bits per heavy atom. The van der Waals surface area contributed by atoms with E-state index in [1.54, 1.807) is 0 Å². The van der Waals surface area contributed by atoms with Gasteiger partial charge in [0.05, 0.1) is 0 Å². The molecular formula is C34H50O2Si2. The normalized spacial score (nSPS) is 13.0. The van der Waals surface area contributed by atoms with Crippen LogP contribution in [0.25, 0.3) is 22.3 Å². The molecule has 2 nitrogen and oxygen atoms in total. The van der Waals surface area contributed by atoms with Crippen LogP contribution in [0.5, 0.6) is 11.5 Å². The molecule has 0 aliphatic rings. The fraction of sp³-hybridized carbons (Fsp3) is 0.471. The minimum Gasteiger partial charge on any atom is -0.543 e. The molecule has 0 heterocycles. The van der Waals surface area contributed by atoms with Gasteiger partial charge in [-0.15, -0.1) is 0 Å². The lowest BCUT2D eigenvalue weighted by molar-refractivity contribution is 0.484. The lowest BCUT2D eigenvalue weighted by Gasteiger charge is -2.39. The minimum absolute atomic E-state index is 0.0834. The Morgan fingerprint density at radius 3 is 1.00 bits per heavy atom. The number of hydrogen-bond donors (Lipinski definition) is 0. The van der Waals surface area contributed by atoms with Gasteiger partial charge in [-0.3, -0.25) is 0 Å². The Morgan fingerprint density at radius 1 is 0.500 bits per heavy atom. The van der Waals surface area contributed by atoms with Crippen LogP contribution in [0.15, 0.2) is 48.5 Å². The van der Waals surface area contributed by atoms with Crippen molar-refractivity contribution >= 4 is 16.6 Å². The Balaban J connectivity index is 2.46. The minimum atomic E-state index is -2.12. The van der Waals surface area contributed by atoms with Crippen molar-refractivity contribution in [2.45, 2.75) is 106 Å². The lowest BCUT2D eigenvalue weighted by Crippen LogP contribution is -2.44. The molecule has 3 rings (SSSR count). The molecule has 38 heavy (non-hydrogen) atoms. The quantitative estimate of drug-likeness (QED) is 0.286. The molecule has 0 fully saturated rings. The fourth-order valence-electron chi connectivity index (χ4n) is 4.45. The van der Waals surface area contributed by atoms with Gasteiger partial charge in [-0.1, -0.05) is 77.9 Å². The molecule has 0 saturated carbocycles. The van der Waals surface area contributed by atoms with Crippen molar-refractivity contribution in [2.75, 3.05) is 0 Å². The maximum Gasteiger partial charge on any atom is 0.250 e. The summed E-state index contributed by atoms with van der Waals surface area (Å²) in [5.41, 5.74) is 9.77. The summed E-state index contributed by atoms with van der Waals surface area (Å²) in [6.07, 6.45) is 0. The van der Waals surface area contributed by atoms with Gasteiger partial charge in [0.2, 0.25) is 0 Å². The van der Waals surface area contributed by atoms with E-state index in [4.69, 9.17) is 8.85 Å². The Bertz CT molecular complexity index is 1180. The van der Waals surface area contributed by atoms with Gasteiger partial charge in [-0.2, -0.15) is 0 Å². The predicted molar refractivity (Wildman–Crippen MR) is 172 cm³/mol. The molecule has 0 aromatic heterocycles. The second-order valence-electron chi connectivity index (χ2n) is 14.1. The smallest absolute Gasteiger partial charge is 0.250 e. The molecule has 0 aliphatic heterocycles. The first kappa shape index (κ1) is 30.2. The van der Waals surface area contributed by atoms with Crippen molar-refractivity contribution in [3.63, 3.8) is 0 Å². The van der Waals surface area contributed by atoms with E-state index in [1.165, 1.54) is 33.4 Å². The number of rotatable bonds is 6. The van der Waals surface area contributed by atoms with E-state index in [9.17, 15) is 0 Å². The van der Waals surface area contributed by atoms with E-state index in [1.807, 2.05) is 0 Å². The second-order valence-corrected chi connectivity index (χ2v) is 23.6. The number of aryl methyl sites for hydroxylation is 4. The van der Waals surface area contributed by atoms with Crippen molar-refractivity contribution < 1.29 is 8.85 Å². The molecule has 0 bridgehead atoms. The molecule has 3 aromatic rings. The van der Waals surface area contributed by atoms with Crippen LogP contribution in [0.2, 0.25) is 36.3 Å². The van der Waals surface area contributed by atoms with E-state index in [0.29, 0.717) is 0 Å². The summed E-state index contributed by atoms with van der Waals surface area (Å²) in [5, 5.41) is 0.167. The maximum atomic E-state index is 7.15. The van der Waals surface area contributed by atoms with Gasteiger partial charge in [-0.05, 0) is 109 Å². The molecule has 0 aliphatic carbocycles. The van der Waals surface area contributed by atoms with E-state index < -0.39 is 16.6 Å². The van der Waals surface area contributed by atoms with Crippen LogP contribution < -0.4 is 8.85 Å². The van der Waals surface area contributed by atoms with Crippen LogP contribution in [-0.2, 0) is 0 Å². The first-order valence-corrected chi connectivity index (χ1v) is 19.8. The molecule has 206 valence electrons. The highest BCUT2D eigenvalue weighted by atomic mass is 28.4. The van der Waals surface area contributed by atoms with Crippen LogP contribution in [0.4, 0.5) is 0 Å². The van der Waals surface area contributed by atoms with Gasteiger partial charge >= 0.3 is 0 Å². The summed E-state index contributed by atoms with van der Waals surface area (Å²) >= 11 is 0. The van der Waals surface area contributed by atoms with Gasteiger partial charge in [0.1, 0.15) is 11.5 Å². The van der Waals surface area contributed by atoms with E-state index >= 15 is 0 Å². The zero-order valence-corrected chi connectivity index (χ0v) is 28.4. The maximum absolute atomic E-state index is 7.15. The number of hydrogen-bond acceptors (Lipinski definition) is 2. The first-order chi connectivity index (χ1) is 17.3. The monoisotopic (exact) mass is 546 g/mol. The second kappa shape index (κ2) is 10.3. The molecule has 0 amide bonds. The summed E-state index contributed by atoms with van der Waals surface area (Å²) < 4.78 is 14.3. The topological polar surface area (TPSA) is 18.5 Å². The summed E-state index contributed by atoms with van der Waals surface area (Å²) in [7, 11) is -4.24. The molecule has 0 saturated heterocycles. The van der Waals surface area contributed by atoms with Gasteiger partial charge in [0.25, 0.3) is 16.6 Å². The fourth-order valence-corrected chi connectivity index (χ4v) is 6.50. The van der Waals surface area contributed by atoms with Gasteiger partial charge in [0.15, 0.2) is 0 Å². The van der Waals surface area contributed by atoms with Crippen LogP contribution >= 0.6 is 0 Å². The largest absolute Gasteiger partial charge is 0.543 e. The third-order valence-corrected chi connectivity index (χ3v) is 17.6. The van der Waals surface area contributed by atoms with Crippen LogP contribution in [0.1, 0.15) is 63.8 Å². The summed E-state index contributed by atoms with van der Waals surface area (Å²) in [6.45, 7) is 32.0. The third-order valence-electron chi connectivity index (χ3n) is 8.93. The highest BCUT2D eigenvalue weighted by Gasteiger charge is 2.41. The Labute approximate surface area is 235 Å². The predicted octanol–water partition coefficient (Wildman–Crippen LogP) is 11.0. The molecule has 0 spiro atoms. The van der Waals surface area contributed by atoms with Crippen LogP contribution in [0, 0.1) is 27.7 Å². The van der Waals surface area contributed by atoms with Gasteiger partial charge in [-0.25, -0.2) is 0 Å². The summed E-state index contributed by atoms with van der Waals surface area (Å²) in [4.78, 5) is 0. The zero-order valence-electron chi connectivity index (χ0n) is 26.4. The SMILES string of the molecule is Cc1cccc(C)c1-c1cc(O[Si](C)(C)C(C)(C)C)c(-c2c(C)cccc2C)cc1O[Si](C)(C)C(C)(C)C. The van der Waals surface area contributed by atoms with E-state index in [2.05, 4.69) is 144 Å². The lowest BCUT2D eigenvalue weighted by atomic mass is 9.90. The zero-order chi connectivity index (χ0) is 28.8. The Kier molecular flexibility index (Phi) is 8.23. The van der Waals surface area contributed by atoms with E-state index in [-0.39, 0.29) is 10.1 Å². The van der Waals surface area contributed by atoms with Crippen molar-refractivity contribution in [3.8, 4) is 33.8 Å². The first-order valence-electron chi connectivity index (χ1n) is 14.0. The van der Waals surface area contributed by atoms with Gasteiger partial charge in [0, 0.05) is 11.1 Å². The average molecular weight is 547 g/mol. The molecule has 0 radical (unpaired) electrons. The Hall–Kier alpha value is -2.31. The molecule has 0 unspecified atom stereocenters. The summed E-state index contributed by atoms with van der Waals surface area (Å²) in [6, 6.07) is 17.7. The third kappa shape index (κ3) is 5.97. The summed E-state index contributed by atoms with van der Waals surface area (Å²) in [5.74, 6) is 1.93. The standard InChI is InChI=1S/C34H50O2Si2/c1-23-17-15-18-24(2)31(23)27-21-30(36-38(13,14)34(8,9)10)28(32-25(3)19-16-20-26(32)4)22-29(27)35-37(11,12)33(5,6)7/h15-22H,1-14H3. The molecule has 0 atom stereocenters. The molecule has 4 heteroatoms. The van der Waals surface area contributed by atoms with Gasteiger partial charge < -0.3 is 8.85 Å². The van der Waals surface area contributed by atoms with Crippen LogP contribution in [0.3, 0.4) is 0 Å². The van der Waals surface area contributed by atoms with Crippen LogP contribution in [-0.4, -0.2) is 16.6 Å². The van der Waals surface area contributed by atoms with Crippen molar-refractivity contribution in [2.24, 2.45) is 0 Å². The molecule has 0 N–H and O–H groups in total. The van der Waals surface area contributed by atoms with Crippen molar-refractivity contribution in [1.29, 1.82) is 0 Å². The molecular weight excluding hydrogens is 497 g/mol. The average Bonchev–Trinajstić information content (AvgIpc) is 2.73. The van der Waals surface area contributed by atoms with E-state index in [0.717, 1.165) is 22.6 Å². The van der Waals surface area contributed by atoms with Crippen molar-refractivity contribution in [3.05, 3.63) is 70.8 Å². The number of benzene rings is 3. The molecule has 3 aromatic carbocycles. The van der Waals surface area contributed by atoms with Crippen molar-refractivity contribution in [1.82, 2.24) is 0 Å².